The number of benzene rings is 2. The van der Waals surface area contributed by atoms with Crippen molar-refractivity contribution >= 4 is 28.4 Å². The lowest BCUT2D eigenvalue weighted by Gasteiger charge is -2.23. The van der Waals surface area contributed by atoms with Crippen LogP contribution in [0.15, 0.2) is 47.5 Å². The van der Waals surface area contributed by atoms with Crippen LogP contribution in [0.1, 0.15) is 43.0 Å². The highest BCUT2D eigenvalue weighted by molar-refractivity contribution is 8.00. The molecule has 0 unspecified atom stereocenters. The van der Waals surface area contributed by atoms with E-state index in [1.54, 1.807) is 24.0 Å². The second kappa shape index (κ2) is 6.84. The first kappa shape index (κ1) is 18.6. The Hall–Kier alpha value is -2.20. The molecule has 3 rings (SSSR count). The van der Waals surface area contributed by atoms with E-state index in [1.165, 1.54) is 17.2 Å². The van der Waals surface area contributed by atoms with E-state index in [1.807, 2.05) is 18.2 Å². The highest BCUT2D eigenvalue weighted by Crippen LogP contribution is 2.38. The van der Waals surface area contributed by atoms with Crippen molar-refractivity contribution in [2.24, 2.45) is 0 Å². The highest BCUT2D eigenvalue weighted by Gasteiger charge is 2.20. The molecule has 3 aromatic rings. The number of thioether (sulfide) groups is 1. The molecule has 0 spiro atoms. The lowest BCUT2D eigenvalue weighted by Crippen LogP contribution is -2.12. The van der Waals surface area contributed by atoms with E-state index in [2.05, 4.69) is 45.7 Å². The quantitative estimate of drug-likeness (QED) is 0.436. The summed E-state index contributed by atoms with van der Waals surface area (Å²) in [4.78, 5) is 5.38. The van der Waals surface area contributed by atoms with Gasteiger partial charge in [0.1, 0.15) is 11.3 Å². The summed E-state index contributed by atoms with van der Waals surface area (Å²) in [6.45, 7) is 10.7. The number of aromatic nitrogens is 1. The van der Waals surface area contributed by atoms with E-state index in [0.29, 0.717) is 22.2 Å². The van der Waals surface area contributed by atoms with Gasteiger partial charge in [0, 0.05) is 32.4 Å². The lowest BCUT2D eigenvalue weighted by molar-refractivity contribution is 0.637. The number of halogens is 1. The van der Waals surface area contributed by atoms with E-state index >= 15 is 0 Å². The van der Waals surface area contributed by atoms with Gasteiger partial charge in [-0.3, -0.25) is 10.4 Å². The molecule has 26 heavy (non-hydrogen) atoms. The van der Waals surface area contributed by atoms with E-state index in [0.717, 1.165) is 10.5 Å². The molecule has 0 bridgehead atoms. The second-order valence-corrected chi connectivity index (χ2v) is 9.35. The Labute approximate surface area is 158 Å². The number of pyridine rings is 1. The molecule has 0 saturated heterocycles. The fourth-order valence-electron chi connectivity index (χ4n) is 2.84. The predicted molar refractivity (Wildman–Crippen MR) is 109 cm³/mol. The largest absolute Gasteiger partial charge is 0.300 e. The van der Waals surface area contributed by atoms with Gasteiger partial charge in [0.05, 0.1) is 5.71 Å². The van der Waals surface area contributed by atoms with Crippen molar-refractivity contribution in [3.05, 3.63) is 70.7 Å². The minimum atomic E-state index is -0.337. The van der Waals surface area contributed by atoms with Crippen molar-refractivity contribution in [1.29, 1.82) is 5.41 Å². The molecule has 0 radical (unpaired) electrons. The standard InChI is InChI=1S/C22H23FN2S/c1-13-9-10-17(21(14(13)2)26-22(3,4)5)19(24)16-11-15-7-6-8-18(23)20(15)25-12-16/h6-12,24H,1-5H3. The first-order valence-electron chi connectivity index (χ1n) is 8.60. The molecule has 0 aliphatic heterocycles. The maximum absolute atomic E-state index is 13.9. The zero-order valence-electron chi connectivity index (χ0n) is 15.8. The van der Waals surface area contributed by atoms with Crippen molar-refractivity contribution in [2.75, 3.05) is 0 Å². The molecule has 1 aromatic heterocycles. The molecule has 4 heteroatoms. The third kappa shape index (κ3) is 3.65. The van der Waals surface area contributed by atoms with Crippen LogP contribution in [0.3, 0.4) is 0 Å². The van der Waals surface area contributed by atoms with Crippen molar-refractivity contribution in [1.82, 2.24) is 4.98 Å². The topological polar surface area (TPSA) is 36.7 Å². The second-order valence-electron chi connectivity index (χ2n) is 7.51. The fraction of sp³-hybridized carbons (Fsp3) is 0.273. The molecule has 0 atom stereocenters. The molecule has 1 heterocycles. The number of para-hydroxylation sites is 1. The summed E-state index contributed by atoms with van der Waals surface area (Å²) in [5, 5.41) is 9.48. The Kier molecular flexibility index (Phi) is 4.89. The number of nitrogens with one attached hydrogen (secondary N) is 1. The summed E-state index contributed by atoms with van der Waals surface area (Å²) in [6.07, 6.45) is 1.59. The number of rotatable bonds is 3. The molecule has 134 valence electrons. The Morgan fingerprint density at radius 2 is 1.85 bits per heavy atom. The molecular formula is C22H23FN2S. The van der Waals surface area contributed by atoms with Gasteiger partial charge in [-0.2, -0.15) is 0 Å². The lowest BCUT2D eigenvalue weighted by atomic mass is 9.98. The minimum absolute atomic E-state index is 0.0400. The number of hydrogen-bond donors (Lipinski definition) is 1. The summed E-state index contributed by atoms with van der Waals surface area (Å²) in [5.74, 6) is -0.337. The van der Waals surface area contributed by atoms with Gasteiger partial charge in [-0.05, 0) is 37.1 Å². The summed E-state index contributed by atoms with van der Waals surface area (Å²) < 4.78 is 13.9. The van der Waals surface area contributed by atoms with Gasteiger partial charge in [0.15, 0.2) is 0 Å². The van der Waals surface area contributed by atoms with Crippen LogP contribution in [0.4, 0.5) is 4.39 Å². The van der Waals surface area contributed by atoms with Crippen molar-refractivity contribution in [3.8, 4) is 0 Å². The Balaban J connectivity index is 2.12. The van der Waals surface area contributed by atoms with Crippen molar-refractivity contribution in [2.45, 2.75) is 44.3 Å². The maximum Gasteiger partial charge on any atom is 0.149 e. The van der Waals surface area contributed by atoms with Gasteiger partial charge in [-0.15, -0.1) is 11.8 Å². The molecule has 0 fully saturated rings. The zero-order chi connectivity index (χ0) is 19.1. The molecular weight excluding hydrogens is 343 g/mol. The van der Waals surface area contributed by atoms with Gasteiger partial charge in [0.25, 0.3) is 0 Å². The third-order valence-electron chi connectivity index (χ3n) is 4.30. The predicted octanol–water partition coefficient (Wildman–Crippen LogP) is 6.30. The van der Waals surface area contributed by atoms with Gasteiger partial charge >= 0.3 is 0 Å². The Morgan fingerprint density at radius 1 is 1.12 bits per heavy atom. The van der Waals surface area contributed by atoms with E-state index in [4.69, 9.17) is 5.41 Å². The van der Waals surface area contributed by atoms with Gasteiger partial charge < -0.3 is 0 Å². The number of fused-ring (bicyclic) bond motifs is 1. The van der Waals surface area contributed by atoms with Crippen LogP contribution in [0.2, 0.25) is 0 Å². The zero-order valence-corrected chi connectivity index (χ0v) is 16.6. The fourth-order valence-corrected chi connectivity index (χ4v) is 4.05. The molecule has 1 N–H and O–H groups in total. The molecule has 2 nitrogen and oxygen atoms in total. The summed E-state index contributed by atoms with van der Waals surface area (Å²) in [5.41, 5.74) is 4.76. The van der Waals surface area contributed by atoms with Crippen LogP contribution in [-0.2, 0) is 0 Å². The van der Waals surface area contributed by atoms with E-state index < -0.39 is 0 Å². The maximum atomic E-state index is 13.9. The van der Waals surface area contributed by atoms with Gasteiger partial charge in [0.2, 0.25) is 0 Å². The first-order valence-corrected chi connectivity index (χ1v) is 9.42. The van der Waals surface area contributed by atoms with Crippen molar-refractivity contribution < 1.29 is 4.39 Å². The van der Waals surface area contributed by atoms with Crippen LogP contribution in [0, 0.1) is 25.1 Å². The summed E-state index contributed by atoms with van der Waals surface area (Å²) >= 11 is 1.78. The Morgan fingerprint density at radius 3 is 2.54 bits per heavy atom. The first-order chi connectivity index (χ1) is 12.2. The van der Waals surface area contributed by atoms with Crippen molar-refractivity contribution in [3.63, 3.8) is 0 Å². The summed E-state index contributed by atoms with van der Waals surface area (Å²) in [6, 6.07) is 10.8. The average Bonchev–Trinajstić information content (AvgIpc) is 2.57. The SMILES string of the molecule is Cc1ccc(C(=N)c2cnc3c(F)cccc3c2)c(SC(C)(C)C)c1C. The van der Waals surface area contributed by atoms with E-state index in [-0.39, 0.29) is 10.6 Å². The molecule has 2 aromatic carbocycles. The Bertz CT molecular complexity index is 1000. The number of nitrogens with zero attached hydrogens (tertiary/aromatic N) is 1. The highest BCUT2D eigenvalue weighted by atomic mass is 32.2. The van der Waals surface area contributed by atoms with Crippen LogP contribution in [0.25, 0.3) is 10.9 Å². The molecule has 0 amide bonds. The van der Waals surface area contributed by atoms with E-state index in [9.17, 15) is 4.39 Å². The third-order valence-corrected chi connectivity index (χ3v) is 5.65. The van der Waals surface area contributed by atoms with Gasteiger partial charge in [-0.25, -0.2) is 4.39 Å². The molecule has 0 aliphatic carbocycles. The van der Waals surface area contributed by atoms with Crippen LogP contribution in [0.5, 0.6) is 0 Å². The van der Waals surface area contributed by atoms with Gasteiger partial charge in [-0.1, -0.05) is 45.0 Å². The number of hydrogen-bond acceptors (Lipinski definition) is 3. The van der Waals surface area contributed by atoms with Crippen LogP contribution in [-0.4, -0.2) is 15.4 Å². The molecule has 0 saturated carbocycles. The van der Waals surface area contributed by atoms with Crippen LogP contribution < -0.4 is 0 Å². The monoisotopic (exact) mass is 366 g/mol. The minimum Gasteiger partial charge on any atom is -0.300 e. The smallest absolute Gasteiger partial charge is 0.149 e. The average molecular weight is 367 g/mol. The molecule has 0 aliphatic rings. The summed E-state index contributed by atoms with van der Waals surface area (Å²) in [7, 11) is 0. The van der Waals surface area contributed by atoms with Crippen LogP contribution >= 0.6 is 11.8 Å². The normalized spacial score (nSPS) is 11.8. The number of aryl methyl sites for hydroxylation is 1.